The molecular weight excluding hydrogens is 360 g/mol. The number of amides is 2. The number of rotatable bonds is 7. The van der Waals surface area contributed by atoms with Crippen molar-refractivity contribution in [2.24, 2.45) is 0 Å². The smallest absolute Gasteiger partial charge is 0.326 e. The zero-order valence-electron chi connectivity index (χ0n) is 16.9. The van der Waals surface area contributed by atoms with E-state index < -0.39 is 12.1 Å². The lowest BCUT2D eigenvalue weighted by molar-refractivity contribution is -0.158. The minimum absolute atomic E-state index is 0.0495. The molecule has 0 bridgehead atoms. The number of likely N-dealkylation sites (tertiary alicyclic amines) is 1. The van der Waals surface area contributed by atoms with Gasteiger partial charge in [-0.05, 0) is 57.9 Å². The van der Waals surface area contributed by atoms with Gasteiger partial charge < -0.3 is 19.7 Å². The molecule has 1 atom stereocenters. The Morgan fingerprint density at radius 1 is 1.00 bits per heavy atom. The van der Waals surface area contributed by atoms with Crippen molar-refractivity contribution in [1.82, 2.24) is 10.2 Å². The number of hydrogen-bond acceptors (Lipinski definition) is 5. The van der Waals surface area contributed by atoms with Gasteiger partial charge in [0.05, 0.1) is 6.10 Å². The third-order valence-corrected chi connectivity index (χ3v) is 4.46. The number of nitrogens with zero attached hydrogens (tertiary/aromatic N) is 1. The molecule has 0 aliphatic carbocycles. The van der Waals surface area contributed by atoms with Gasteiger partial charge in [-0.3, -0.25) is 14.4 Å². The van der Waals surface area contributed by atoms with Gasteiger partial charge in [-0.2, -0.15) is 0 Å². The van der Waals surface area contributed by atoms with Crippen LogP contribution in [0.5, 0.6) is 5.75 Å². The molecule has 7 heteroatoms. The number of nitrogens with one attached hydrogen (secondary N) is 1. The highest BCUT2D eigenvalue weighted by Crippen LogP contribution is 2.14. The first-order chi connectivity index (χ1) is 13.4. The van der Waals surface area contributed by atoms with E-state index in [1.807, 2.05) is 13.8 Å². The predicted octanol–water partition coefficient (Wildman–Crippen LogP) is 2.54. The fourth-order valence-electron chi connectivity index (χ4n) is 3.05. The zero-order valence-corrected chi connectivity index (χ0v) is 16.9. The Morgan fingerprint density at radius 3 is 2.18 bits per heavy atom. The van der Waals surface area contributed by atoms with E-state index in [1.165, 1.54) is 0 Å². The maximum absolute atomic E-state index is 12.4. The number of ether oxygens (including phenoxy) is 2. The van der Waals surface area contributed by atoms with Crippen LogP contribution in [0.1, 0.15) is 56.8 Å². The Kier molecular flexibility index (Phi) is 8.29. The first-order valence-corrected chi connectivity index (χ1v) is 9.90. The molecule has 0 radical (unpaired) electrons. The Morgan fingerprint density at radius 2 is 1.61 bits per heavy atom. The number of esters is 1. The van der Waals surface area contributed by atoms with Crippen LogP contribution in [0.4, 0.5) is 0 Å². The van der Waals surface area contributed by atoms with Crippen LogP contribution in [0, 0.1) is 0 Å². The summed E-state index contributed by atoms with van der Waals surface area (Å²) in [4.78, 5) is 38.3. The number of benzene rings is 1. The Hall–Kier alpha value is -2.57. The van der Waals surface area contributed by atoms with E-state index in [9.17, 15) is 14.4 Å². The summed E-state index contributed by atoms with van der Waals surface area (Å²) in [5.41, 5.74) is 0.414. The van der Waals surface area contributed by atoms with Gasteiger partial charge in [0.2, 0.25) is 0 Å². The Bertz CT molecular complexity index is 664. The van der Waals surface area contributed by atoms with Crippen LogP contribution in [-0.4, -0.2) is 54.5 Å². The molecule has 1 aliphatic rings. The van der Waals surface area contributed by atoms with Gasteiger partial charge in [0, 0.05) is 18.7 Å². The van der Waals surface area contributed by atoms with Crippen molar-refractivity contribution >= 4 is 17.8 Å². The number of hydrogen-bond donors (Lipinski definition) is 1. The van der Waals surface area contributed by atoms with Gasteiger partial charge in [0.25, 0.3) is 11.8 Å². The van der Waals surface area contributed by atoms with Crippen molar-refractivity contribution in [3.05, 3.63) is 29.8 Å². The van der Waals surface area contributed by atoms with Gasteiger partial charge >= 0.3 is 5.97 Å². The number of carbonyl (C=O) groups excluding carboxylic acids is 3. The first-order valence-electron chi connectivity index (χ1n) is 9.90. The molecule has 1 aliphatic heterocycles. The van der Waals surface area contributed by atoms with E-state index in [1.54, 1.807) is 36.1 Å². The van der Waals surface area contributed by atoms with Crippen LogP contribution in [0.2, 0.25) is 0 Å². The molecule has 2 amide bonds. The largest absolute Gasteiger partial charge is 0.491 e. The average Bonchev–Trinajstić information content (AvgIpc) is 2.95. The van der Waals surface area contributed by atoms with Crippen LogP contribution < -0.4 is 10.1 Å². The van der Waals surface area contributed by atoms with Crippen molar-refractivity contribution in [1.29, 1.82) is 0 Å². The minimum atomic E-state index is -0.852. The third kappa shape index (κ3) is 6.87. The second-order valence-corrected chi connectivity index (χ2v) is 7.25. The van der Waals surface area contributed by atoms with Gasteiger partial charge in [-0.1, -0.05) is 12.8 Å². The van der Waals surface area contributed by atoms with Gasteiger partial charge in [0.15, 0.2) is 6.10 Å². The predicted molar refractivity (Wildman–Crippen MR) is 105 cm³/mol. The van der Waals surface area contributed by atoms with Crippen molar-refractivity contribution in [2.75, 3.05) is 19.6 Å². The van der Waals surface area contributed by atoms with E-state index in [0.29, 0.717) is 24.4 Å². The van der Waals surface area contributed by atoms with Crippen molar-refractivity contribution in [2.45, 2.75) is 58.7 Å². The highest BCUT2D eigenvalue weighted by molar-refractivity contribution is 5.96. The molecule has 0 unspecified atom stereocenters. The molecule has 1 aromatic carbocycles. The molecule has 1 fully saturated rings. The second kappa shape index (κ2) is 10.7. The lowest BCUT2D eigenvalue weighted by Gasteiger charge is -2.24. The summed E-state index contributed by atoms with van der Waals surface area (Å²) in [5.74, 6) is -0.530. The maximum Gasteiger partial charge on any atom is 0.326 e. The first kappa shape index (κ1) is 21.7. The topological polar surface area (TPSA) is 84.9 Å². The minimum Gasteiger partial charge on any atom is -0.491 e. The van der Waals surface area contributed by atoms with E-state index in [-0.39, 0.29) is 24.5 Å². The molecule has 0 aromatic heterocycles. The molecule has 0 saturated carbocycles. The van der Waals surface area contributed by atoms with E-state index in [2.05, 4.69) is 5.32 Å². The highest BCUT2D eigenvalue weighted by atomic mass is 16.5. The van der Waals surface area contributed by atoms with Gasteiger partial charge in [-0.15, -0.1) is 0 Å². The summed E-state index contributed by atoms with van der Waals surface area (Å²) in [7, 11) is 0. The maximum atomic E-state index is 12.4. The van der Waals surface area contributed by atoms with Crippen LogP contribution >= 0.6 is 0 Å². The fraction of sp³-hybridized carbons (Fsp3) is 0.571. The quantitative estimate of drug-likeness (QED) is 0.723. The third-order valence-electron chi connectivity index (χ3n) is 4.46. The summed E-state index contributed by atoms with van der Waals surface area (Å²) in [6.45, 7) is 6.53. The summed E-state index contributed by atoms with van der Waals surface area (Å²) in [6, 6.07) is 6.66. The van der Waals surface area contributed by atoms with Crippen LogP contribution in [0.3, 0.4) is 0 Å². The lowest BCUT2D eigenvalue weighted by Crippen LogP contribution is -2.42. The monoisotopic (exact) mass is 390 g/mol. The zero-order chi connectivity index (χ0) is 20.5. The molecule has 1 heterocycles. The molecule has 2 rings (SSSR count). The molecule has 154 valence electrons. The molecule has 1 aromatic rings. The van der Waals surface area contributed by atoms with E-state index in [0.717, 1.165) is 25.7 Å². The van der Waals surface area contributed by atoms with Gasteiger partial charge in [-0.25, -0.2) is 0 Å². The Labute approximate surface area is 166 Å². The van der Waals surface area contributed by atoms with Crippen LogP contribution in [-0.2, 0) is 14.3 Å². The van der Waals surface area contributed by atoms with Gasteiger partial charge in [0.1, 0.15) is 12.3 Å². The highest BCUT2D eigenvalue weighted by Gasteiger charge is 2.24. The van der Waals surface area contributed by atoms with Crippen molar-refractivity contribution < 1.29 is 23.9 Å². The SMILES string of the molecule is CC(C)Oc1ccc(C(=O)NCC(=O)O[C@@H](C)C(=O)N2CCCCCC2)cc1. The number of carbonyl (C=O) groups is 3. The second-order valence-electron chi connectivity index (χ2n) is 7.25. The molecule has 1 N–H and O–H groups in total. The Balaban J connectivity index is 1.77. The van der Waals surface area contributed by atoms with Crippen molar-refractivity contribution in [3.63, 3.8) is 0 Å². The lowest BCUT2D eigenvalue weighted by atomic mass is 10.2. The average molecular weight is 390 g/mol. The molecule has 7 nitrogen and oxygen atoms in total. The standard InChI is InChI=1S/C21H30N2O5/c1-15(2)27-18-10-8-17(9-11-18)20(25)22-14-19(24)28-16(3)21(26)23-12-6-4-5-7-13-23/h8-11,15-16H,4-7,12-14H2,1-3H3,(H,22,25)/t16-/m0/s1. The molecule has 1 saturated heterocycles. The van der Waals surface area contributed by atoms with E-state index >= 15 is 0 Å². The van der Waals surface area contributed by atoms with Crippen LogP contribution in [0.25, 0.3) is 0 Å². The molecule has 0 spiro atoms. The fourth-order valence-corrected chi connectivity index (χ4v) is 3.05. The molecule has 28 heavy (non-hydrogen) atoms. The summed E-state index contributed by atoms with van der Waals surface area (Å²) in [6.07, 6.45) is 3.39. The van der Waals surface area contributed by atoms with Crippen molar-refractivity contribution in [3.8, 4) is 5.75 Å². The summed E-state index contributed by atoms with van der Waals surface area (Å²) in [5, 5.41) is 2.51. The normalized spacial score (nSPS) is 15.5. The van der Waals surface area contributed by atoms with E-state index in [4.69, 9.17) is 9.47 Å². The molecular formula is C21H30N2O5. The summed E-state index contributed by atoms with van der Waals surface area (Å²) < 4.78 is 10.7. The van der Waals surface area contributed by atoms with Crippen LogP contribution in [0.15, 0.2) is 24.3 Å². The summed E-state index contributed by atoms with van der Waals surface area (Å²) >= 11 is 0.